The standard InChI is InChI=1S/C22H17N3O4S3/c1-13(2)25-32(27,28)18-7-4-14(5-8-18)3-6-15-11-23-12-16-9-17(29-20(15)16)10-19-21(26)24-22(30)31-19/h4-5,7-13,25H,1-2H3,(H,24,26,30)/b19-10-. The number of benzene rings is 1. The molecular formula is C22H17N3O4S3. The summed E-state index contributed by atoms with van der Waals surface area (Å²) in [6.45, 7) is 3.53. The number of hydrogen-bond donors (Lipinski definition) is 2. The van der Waals surface area contributed by atoms with Crippen LogP contribution in [0.3, 0.4) is 0 Å². The monoisotopic (exact) mass is 483 g/mol. The Balaban J connectivity index is 1.61. The third kappa shape index (κ3) is 4.92. The van der Waals surface area contributed by atoms with E-state index in [1.54, 1.807) is 50.5 Å². The molecule has 2 aromatic heterocycles. The minimum atomic E-state index is -3.55. The average Bonchev–Trinajstić information content (AvgIpc) is 3.28. The van der Waals surface area contributed by atoms with Crippen LogP contribution in [-0.4, -0.2) is 29.7 Å². The van der Waals surface area contributed by atoms with E-state index in [1.165, 1.54) is 23.9 Å². The van der Waals surface area contributed by atoms with E-state index in [4.69, 9.17) is 16.6 Å². The van der Waals surface area contributed by atoms with Crippen molar-refractivity contribution in [2.45, 2.75) is 24.8 Å². The average molecular weight is 484 g/mol. The minimum Gasteiger partial charge on any atom is -0.455 e. The van der Waals surface area contributed by atoms with Crippen LogP contribution in [0.5, 0.6) is 0 Å². The lowest BCUT2D eigenvalue weighted by Crippen LogP contribution is -2.30. The van der Waals surface area contributed by atoms with Crippen LogP contribution in [0.15, 0.2) is 56.9 Å². The Hall–Kier alpha value is -2.97. The van der Waals surface area contributed by atoms with E-state index in [-0.39, 0.29) is 16.8 Å². The summed E-state index contributed by atoms with van der Waals surface area (Å²) in [5.41, 5.74) is 1.77. The smallest absolute Gasteiger partial charge is 0.263 e. The van der Waals surface area contributed by atoms with E-state index >= 15 is 0 Å². The van der Waals surface area contributed by atoms with Gasteiger partial charge in [0.15, 0.2) is 5.58 Å². The number of thioether (sulfide) groups is 1. The van der Waals surface area contributed by atoms with Gasteiger partial charge in [0.2, 0.25) is 10.0 Å². The van der Waals surface area contributed by atoms with E-state index in [2.05, 4.69) is 26.9 Å². The van der Waals surface area contributed by atoms with Crippen molar-refractivity contribution in [3.05, 3.63) is 64.5 Å². The second kappa shape index (κ2) is 8.88. The fourth-order valence-corrected chi connectivity index (χ4v) is 5.20. The van der Waals surface area contributed by atoms with Crippen LogP contribution in [0.1, 0.15) is 30.7 Å². The van der Waals surface area contributed by atoms with Gasteiger partial charge < -0.3 is 9.73 Å². The number of pyridine rings is 1. The van der Waals surface area contributed by atoms with Gasteiger partial charge in [-0.2, -0.15) is 0 Å². The number of carbonyl (C=O) groups excluding carboxylic acids is 1. The van der Waals surface area contributed by atoms with Gasteiger partial charge in [0.25, 0.3) is 5.91 Å². The summed E-state index contributed by atoms with van der Waals surface area (Å²) in [6, 6.07) is 7.90. The van der Waals surface area contributed by atoms with Gasteiger partial charge in [-0.3, -0.25) is 9.78 Å². The van der Waals surface area contributed by atoms with Crippen molar-refractivity contribution in [3.8, 4) is 11.8 Å². The molecule has 1 saturated heterocycles. The number of fused-ring (bicyclic) bond motifs is 1. The molecule has 3 heterocycles. The largest absolute Gasteiger partial charge is 0.455 e. The molecule has 0 atom stereocenters. The Morgan fingerprint density at radius 2 is 1.97 bits per heavy atom. The number of hydrogen-bond acceptors (Lipinski definition) is 7. The van der Waals surface area contributed by atoms with Crippen LogP contribution in [-0.2, 0) is 14.8 Å². The summed E-state index contributed by atoms with van der Waals surface area (Å²) in [4.78, 5) is 16.7. The molecule has 0 bridgehead atoms. The highest BCUT2D eigenvalue weighted by molar-refractivity contribution is 8.26. The molecule has 1 aliphatic heterocycles. The molecule has 1 aliphatic rings. The third-order valence-electron chi connectivity index (χ3n) is 4.25. The van der Waals surface area contributed by atoms with Gasteiger partial charge in [-0.1, -0.05) is 35.8 Å². The quantitative estimate of drug-likeness (QED) is 0.333. The summed E-state index contributed by atoms with van der Waals surface area (Å²) < 4.78 is 33.3. The molecule has 1 amide bonds. The zero-order valence-corrected chi connectivity index (χ0v) is 19.5. The van der Waals surface area contributed by atoms with Crippen molar-refractivity contribution >= 4 is 61.3 Å². The number of sulfonamides is 1. The number of aromatic nitrogens is 1. The molecule has 162 valence electrons. The van der Waals surface area contributed by atoms with E-state index in [0.717, 1.165) is 5.39 Å². The second-order valence-corrected chi connectivity index (χ2v) is 10.6. The van der Waals surface area contributed by atoms with E-state index in [1.807, 2.05) is 0 Å². The zero-order valence-electron chi connectivity index (χ0n) is 17.0. The molecule has 4 rings (SSSR count). The van der Waals surface area contributed by atoms with Crippen LogP contribution in [0, 0.1) is 11.8 Å². The fraction of sp³-hybridized carbons (Fsp3) is 0.136. The number of rotatable bonds is 4. The van der Waals surface area contributed by atoms with Crippen molar-refractivity contribution in [1.82, 2.24) is 15.0 Å². The molecule has 0 aliphatic carbocycles. The molecule has 0 radical (unpaired) electrons. The topological polar surface area (TPSA) is 101 Å². The van der Waals surface area contributed by atoms with Crippen molar-refractivity contribution in [1.29, 1.82) is 0 Å². The normalized spacial score (nSPS) is 15.3. The van der Waals surface area contributed by atoms with Crippen LogP contribution >= 0.6 is 24.0 Å². The maximum Gasteiger partial charge on any atom is 0.263 e. The number of amides is 1. The van der Waals surface area contributed by atoms with Crippen molar-refractivity contribution < 1.29 is 17.6 Å². The molecule has 7 nitrogen and oxygen atoms in total. The summed E-state index contributed by atoms with van der Waals surface area (Å²) in [7, 11) is -3.55. The first-order chi connectivity index (χ1) is 15.2. The molecule has 0 spiro atoms. The van der Waals surface area contributed by atoms with Gasteiger partial charge in [0.1, 0.15) is 10.1 Å². The van der Waals surface area contributed by atoms with Gasteiger partial charge in [0.05, 0.1) is 15.4 Å². The predicted octanol–water partition coefficient (Wildman–Crippen LogP) is 3.40. The summed E-state index contributed by atoms with van der Waals surface area (Å²) in [5, 5.41) is 3.31. The third-order valence-corrected chi connectivity index (χ3v) is 7.09. The number of thiocarbonyl (C=S) groups is 1. The maximum atomic E-state index is 12.2. The van der Waals surface area contributed by atoms with Gasteiger partial charge in [0, 0.05) is 35.5 Å². The highest BCUT2D eigenvalue weighted by Crippen LogP contribution is 2.29. The summed E-state index contributed by atoms with van der Waals surface area (Å²) >= 11 is 6.17. The number of nitrogens with zero attached hydrogens (tertiary/aromatic N) is 1. The molecule has 1 aromatic carbocycles. The van der Waals surface area contributed by atoms with Gasteiger partial charge in [-0.15, -0.1) is 0 Å². The van der Waals surface area contributed by atoms with Crippen LogP contribution in [0.4, 0.5) is 0 Å². The Bertz CT molecular complexity index is 1430. The minimum absolute atomic E-state index is 0.178. The Morgan fingerprint density at radius 1 is 1.22 bits per heavy atom. The molecule has 3 aromatic rings. The molecule has 0 saturated carbocycles. The summed E-state index contributed by atoms with van der Waals surface area (Å²) in [5.74, 6) is 6.26. The van der Waals surface area contributed by atoms with Crippen LogP contribution in [0.25, 0.3) is 17.0 Å². The molecular weight excluding hydrogens is 466 g/mol. The molecule has 1 fully saturated rings. The van der Waals surface area contributed by atoms with Crippen molar-refractivity contribution in [2.24, 2.45) is 0 Å². The second-order valence-electron chi connectivity index (χ2n) is 7.16. The van der Waals surface area contributed by atoms with Crippen LogP contribution in [0.2, 0.25) is 0 Å². The predicted molar refractivity (Wildman–Crippen MR) is 128 cm³/mol. The molecule has 2 N–H and O–H groups in total. The first kappa shape index (κ1) is 22.2. The Kier molecular flexibility index (Phi) is 6.17. The zero-order chi connectivity index (χ0) is 22.9. The summed E-state index contributed by atoms with van der Waals surface area (Å²) in [6.07, 6.45) is 4.87. The Morgan fingerprint density at radius 3 is 2.62 bits per heavy atom. The molecule has 10 heteroatoms. The van der Waals surface area contributed by atoms with Crippen molar-refractivity contribution in [2.75, 3.05) is 0 Å². The maximum absolute atomic E-state index is 12.2. The van der Waals surface area contributed by atoms with Crippen molar-refractivity contribution in [3.63, 3.8) is 0 Å². The lowest BCUT2D eigenvalue weighted by Gasteiger charge is -2.09. The van der Waals surface area contributed by atoms with Gasteiger partial charge >= 0.3 is 0 Å². The highest BCUT2D eigenvalue weighted by Gasteiger charge is 2.22. The first-order valence-corrected chi connectivity index (χ1v) is 12.2. The molecule has 32 heavy (non-hydrogen) atoms. The Labute approximate surface area is 194 Å². The van der Waals surface area contributed by atoms with E-state index in [9.17, 15) is 13.2 Å². The lowest BCUT2D eigenvalue weighted by atomic mass is 10.2. The lowest BCUT2D eigenvalue weighted by molar-refractivity contribution is -0.115. The van der Waals surface area contributed by atoms with Gasteiger partial charge in [-0.25, -0.2) is 13.1 Å². The van der Waals surface area contributed by atoms with E-state index < -0.39 is 10.0 Å². The fourth-order valence-electron chi connectivity index (χ4n) is 2.93. The number of nitrogens with one attached hydrogen (secondary N) is 2. The first-order valence-electron chi connectivity index (χ1n) is 9.48. The molecule has 0 unspecified atom stereocenters. The van der Waals surface area contributed by atoms with Gasteiger partial charge in [-0.05, 0) is 44.2 Å². The number of furan rings is 1. The van der Waals surface area contributed by atoms with Crippen LogP contribution < -0.4 is 10.0 Å². The SMILES string of the molecule is CC(C)NS(=O)(=O)c1ccc(C#Cc2cncc3cc(/C=C4\SC(=S)NC4=O)oc23)cc1. The number of carbonyl (C=O) groups is 1. The highest BCUT2D eigenvalue weighted by atomic mass is 32.2. The van der Waals surface area contributed by atoms with E-state index in [0.29, 0.717) is 31.7 Å².